The lowest BCUT2D eigenvalue weighted by molar-refractivity contribution is 0.347. The minimum absolute atomic E-state index is 0.328. The lowest BCUT2D eigenvalue weighted by Gasteiger charge is -2.12. The molecule has 0 saturated heterocycles. The molecule has 4 heteroatoms. The van der Waals surface area contributed by atoms with Crippen molar-refractivity contribution in [2.24, 2.45) is 0 Å². The molecule has 0 saturated carbocycles. The van der Waals surface area contributed by atoms with Crippen molar-refractivity contribution in [1.82, 2.24) is 0 Å². The molecule has 2 rings (SSSR count). The zero-order valence-corrected chi connectivity index (χ0v) is 10.2. The van der Waals surface area contributed by atoms with Gasteiger partial charge < -0.3 is 20.5 Å². The number of anilines is 2. The van der Waals surface area contributed by atoms with E-state index in [1.165, 1.54) is 0 Å². The molecule has 0 fully saturated rings. The molecule has 0 aliphatic heterocycles. The number of ether oxygens (including phenoxy) is 2. The normalized spacial score (nSPS) is 9.83. The van der Waals surface area contributed by atoms with Crippen LogP contribution in [0.25, 0.3) is 0 Å². The Kier molecular flexibility index (Phi) is 3.91. The summed E-state index contributed by atoms with van der Waals surface area (Å²) in [6, 6.07) is 15.1. The van der Waals surface area contributed by atoms with Crippen molar-refractivity contribution in [2.45, 2.75) is 0 Å². The average molecular weight is 244 g/mol. The lowest BCUT2D eigenvalue weighted by atomic mass is 10.3. The third kappa shape index (κ3) is 2.85. The Morgan fingerprint density at radius 3 is 2.39 bits per heavy atom. The first kappa shape index (κ1) is 12.1. The first-order valence-electron chi connectivity index (χ1n) is 5.65. The highest BCUT2D eigenvalue weighted by atomic mass is 16.5. The maximum atomic E-state index is 5.78. The summed E-state index contributed by atoms with van der Waals surface area (Å²) in [7, 11) is 1.64. The summed E-state index contributed by atoms with van der Waals surface area (Å²) in [5, 5.41) is 3.14. The van der Waals surface area contributed by atoms with Gasteiger partial charge in [0.05, 0.1) is 18.5 Å². The molecule has 0 aliphatic carbocycles. The number of nitrogen functional groups attached to an aromatic ring is 1. The van der Waals surface area contributed by atoms with Crippen LogP contribution in [0.1, 0.15) is 0 Å². The van der Waals surface area contributed by atoms with Crippen molar-refractivity contribution in [1.29, 1.82) is 0 Å². The standard InChI is InChI=1S/C14H16N2O2/c1-17-14-9-5-3-7-12(14)16-10-18-13-8-4-2-6-11(13)15/h2-9,16H,10,15H2,1H3. The third-order valence-corrected chi connectivity index (χ3v) is 2.52. The second kappa shape index (κ2) is 5.82. The van der Waals surface area contributed by atoms with Crippen LogP contribution in [0.5, 0.6) is 11.5 Å². The van der Waals surface area contributed by atoms with Crippen molar-refractivity contribution in [3.63, 3.8) is 0 Å². The van der Waals surface area contributed by atoms with Crippen LogP contribution in [-0.4, -0.2) is 13.8 Å². The topological polar surface area (TPSA) is 56.5 Å². The largest absolute Gasteiger partial charge is 0.495 e. The van der Waals surface area contributed by atoms with Crippen molar-refractivity contribution < 1.29 is 9.47 Å². The number of methoxy groups -OCH3 is 1. The highest BCUT2D eigenvalue weighted by Gasteiger charge is 2.01. The Morgan fingerprint density at radius 1 is 1.00 bits per heavy atom. The van der Waals surface area contributed by atoms with Crippen LogP contribution in [0, 0.1) is 0 Å². The molecule has 4 nitrogen and oxygen atoms in total. The third-order valence-electron chi connectivity index (χ3n) is 2.52. The van der Waals surface area contributed by atoms with Gasteiger partial charge >= 0.3 is 0 Å². The van der Waals surface area contributed by atoms with E-state index in [2.05, 4.69) is 5.32 Å². The van der Waals surface area contributed by atoms with Gasteiger partial charge in [-0.3, -0.25) is 0 Å². The fourth-order valence-corrected chi connectivity index (χ4v) is 1.59. The molecule has 0 atom stereocenters. The Balaban J connectivity index is 1.95. The molecule has 2 aromatic carbocycles. The Labute approximate surface area is 106 Å². The van der Waals surface area contributed by atoms with Gasteiger partial charge in [-0.2, -0.15) is 0 Å². The van der Waals surface area contributed by atoms with Crippen LogP contribution in [-0.2, 0) is 0 Å². The number of benzene rings is 2. The summed E-state index contributed by atoms with van der Waals surface area (Å²) in [5.74, 6) is 1.45. The van der Waals surface area contributed by atoms with E-state index in [4.69, 9.17) is 15.2 Å². The summed E-state index contributed by atoms with van der Waals surface area (Å²) in [6.45, 7) is 0.328. The molecule has 0 heterocycles. The maximum absolute atomic E-state index is 5.78. The van der Waals surface area contributed by atoms with Gasteiger partial charge in [-0.15, -0.1) is 0 Å². The number of hydrogen-bond donors (Lipinski definition) is 2. The Hall–Kier alpha value is -2.36. The molecule has 3 N–H and O–H groups in total. The summed E-state index contributed by atoms with van der Waals surface area (Å²) >= 11 is 0. The van der Waals surface area contributed by atoms with Gasteiger partial charge in [0.15, 0.2) is 6.73 Å². The van der Waals surface area contributed by atoms with Gasteiger partial charge in [0.1, 0.15) is 11.5 Å². The second-order valence-corrected chi connectivity index (χ2v) is 3.70. The number of hydrogen-bond acceptors (Lipinski definition) is 4. The predicted molar refractivity (Wildman–Crippen MR) is 73.0 cm³/mol. The van der Waals surface area contributed by atoms with Crippen LogP contribution in [0.15, 0.2) is 48.5 Å². The smallest absolute Gasteiger partial charge is 0.159 e. The fourth-order valence-electron chi connectivity index (χ4n) is 1.59. The van der Waals surface area contributed by atoms with Gasteiger partial charge in [0.25, 0.3) is 0 Å². The Morgan fingerprint density at radius 2 is 1.67 bits per heavy atom. The summed E-state index contributed by atoms with van der Waals surface area (Å²) in [6.07, 6.45) is 0. The minimum atomic E-state index is 0.328. The molecular formula is C14H16N2O2. The van der Waals surface area contributed by atoms with E-state index in [1.807, 2.05) is 42.5 Å². The van der Waals surface area contributed by atoms with E-state index in [9.17, 15) is 0 Å². The average Bonchev–Trinajstić information content (AvgIpc) is 2.41. The highest BCUT2D eigenvalue weighted by molar-refractivity contribution is 5.56. The van der Waals surface area contributed by atoms with E-state index >= 15 is 0 Å². The van der Waals surface area contributed by atoms with E-state index < -0.39 is 0 Å². The summed E-state index contributed by atoms with van der Waals surface area (Å²) in [5.41, 5.74) is 7.29. The van der Waals surface area contributed by atoms with Crippen molar-refractivity contribution >= 4 is 11.4 Å². The molecule has 0 radical (unpaired) electrons. The van der Waals surface area contributed by atoms with Gasteiger partial charge in [-0.25, -0.2) is 0 Å². The van der Waals surface area contributed by atoms with Crippen LogP contribution in [0.3, 0.4) is 0 Å². The van der Waals surface area contributed by atoms with Gasteiger partial charge in [0, 0.05) is 0 Å². The quantitative estimate of drug-likeness (QED) is 0.627. The number of nitrogens with two attached hydrogens (primary N) is 1. The van der Waals surface area contributed by atoms with E-state index in [-0.39, 0.29) is 0 Å². The molecule has 94 valence electrons. The molecular weight excluding hydrogens is 228 g/mol. The SMILES string of the molecule is COc1ccccc1NCOc1ccccc1N. The van der Waals surface area contributed by atoms with Gasteiger partial charge in [-0.05, 0) is 24.3 Å². The predicted octanol–water partition coefficient (Wildman–Crippen LogP) is 2.73. The van der Waals surface area contributed by atoms with Crippen molar-refractivity contribution in [2.75, 3.05) is 24.9 Å². The Bertz CT molecular complexity index is 515. The van der Waals surface area contributed by atoms with Crippen LogP contribution in [0.2, 0.25) is 0 Å². The molecule has 2 aromatic rings. The van der Waals surface area contributed by atoms with E-state index in [0.29, 0.717) is 18.2 Å². The van der Waals surface area contributed by atoms with Crippen molar-refractivity contribution in [3.05, 3.63) is 48.5 Å². The molecule has 0 spiro atoms. The van der Waals surface area contributed by atoms with Gasteiger partial charge in [-0.1, -0.05) is 24.3 Å². The molecule has 0 unspecified atom stereocenters. The highest BCUT2D eigenvalue weighted by Crippen LogP contribution is 2.24. The number of para-hydroxylation sites is 4. The van der Waals surface area contributed by atoms with E-state index in [1.54, 1.807) is 13.2 Å². The molecule has 0 aromatic heterocycles. The number of rotatable bonds is 5. The zero-order chi connectivity index (χ0) is 12.8. The first-order valence-corrected chi connectivity index (χ1v) is 5.65. The van der Waals surface area contributed by atoms with Crippen LogP contribution in [0.4, 0.5) is 11.4 Å². The van der Waals surface area contributed by atoms with E-state index in [0.717, 1.165) is 11.4 Å². The molecule has 0 bridgehead atoms. The van der Waals surface area contributed by atoms with Crippen LogP contribution >= 0.6 is 0 Å². The lowest BCUT2D eigenvalue weighted by Crippen LogP contribution is -2.10. The molecule has 0 amide bonds. The van der Waals surface area contributed by atoms with Crippen LogP contribution < -0.4 is 20.5 Å². The second-order valence-electron chi connectivity index (χ2n) is 3.70. The summed E-state index contributed by atoms with van der Waals surface area (Å²) in [4.78, 5) is 0. The number of nitrogens with one attached hydrogen (secondary N) is 1. The zero-order valence-electron chi connectivity index (χ0n) is 10.2. The van der Waals surface area contributed by atoms with Gasteiger partial charge in [0.2, 0.25) is 0 Å². The minimum Gasteiger partial charge on any atom is -0.495 e. The fraction of sp³-hybridized carbons (Fsp3) is 0.143. The maximum Gasteiger partial charge on any atom is 0.159 e. The molecule has 0 aliphatic rings. The molecule has 18 heavy (non-hydrogen) atoms. The van der Waals surface area contributed by atoms with Crippen molar-refractivity contribution in [3.8, 4) is 11.5 Å². The first-order chi connectivity index (χ1) is 8.81. The summed E-state index contributed by atoms with van der Waals surface area (Å²) < 4.78 is 10.8. The monoisotopic (exact) mass is 244 g/mol.